The normalized spacial score (nSPS) is 12.7. The SMILES string of the molecule is CCCc1c(OC(C(=O)OC)c2ccccc2)ccc(C(C)(C)C)c1CO[Si](C)C. The topological polar surface area (TPSA) is 44.8 Å². The van der Waals surface area contributed by atoms with E-state index < -0.39 is 21.1 Å². The monoisotopic (exact) mass is 427 g/mol. The predicted octanol–water partition coefficient (Wildman–Crippen LogP) is 6.00. The molecule has 2 rings (SSSR count). The Morgan fingerprint density at radius 2 is 1.70 bits per heavy atom. The zero-order valence-corrected chi connectivity index (χ0v) is 20.4. The van der Waals surface area contributed by atoms with Crippen molar-refractivity contribution in [1.82, 2.24) is 0 Å². The van der Waals surface area contributed by atoms with Gasteiger partial charge in [0.15, 0.2) is 0 Å². The van der Waals surface area contributed by atoms with Gasteiger partial charge in [0.2, 0.25) is 15.1 Å². The van der Waals surface area contributed by atoms with Gasteiger partial charge >= 0.3 is 5.97 Å². The number of benzene rings is 2. The van der Waals surface area contributed by atoms with Crippen LogP contribution in [0.25, 0.3) is 0 Å². The molecule has 163 valence electrons. The van der Waals surface area contributed by atoms with Crippen molar-refractivity contribution in [3.05, 3.63) is 64.7 Å². The molecule has 0 aromatic heterocycles. The van der Waals surface area contributed by atoms with Crippen LogP contribution in [0.2, 0.25) is 13.1 Å². The minimum atomic E-state index is -0.835. The van der Waals surface area contributed by atoms with Crippen molar-refractivity contribution in [3.8, 4) is 5.75 Å². The van der Waals surface area contributed by atoms with Gasteiger partial charge in [-0.05, 0) is 47.7 Å². The fourth-order valence-electron chi connectivity index (χ4n) is 3.50. The Labute approximate surface area is 183 Å². The van der Waals surface area contributed by atoms with Crippen LogP contribution in [-0.2, 0) is 32.4 Å². The number of rotatable bonds is 9. The average molecular weight is 428 g/mol. The smallest absolute Gasteiger partial charge is 0.351 e. The summed E-state index contributed by atoms with van der Waals surface area (Å²) in [6, 6.07) is 13.6. The first-order valence-corrected chi connectivity index (χ1v) is 13.0. The fraction of sp³-hybridized carbons (Fsp3) is 0.480. The molecule has 1 atom stereocenters. The molecular formula is C25H35O4Si. The van der Waals surface area contributed by atoms with Crippen molar-refractivity contribution in [3.63, 3.8) is 0 Å². The van der Waals surface area contributed by atoms with Gasteiger partial charge in [0.05, 0.1) is 13.7 Å². The van der Waals surface area contributed by atoms with Crippen molar-refractivity contribution >= 4 is 15.0 Å². The zero-order chi connectivity index (χ0) is 22.3. The van der Waals surface area contributed by atoms with Gasteiger partial charge < -0.3 is 13.9 Å². The van der Waals surface area contributed by atoms with Gasteiger partial charge in [0.25, 0.3) is 0 Å². The first-order valence-electron chi connectivity index (χ1n) is 10.6. The molecule has 2 aromatic rings. The highest BCUT2D eigenvalue weighted by molar-refractivity contribution is 6.48. The summed E-state index contributed by atoms with van der Waals surface area (Å²) in [5.41, 5.74) is 4.32. The lowest BCUT2D eigenvalue weighted by Gasteiger charge is -2.28. The minimum absolute atomic E-state index is 0.0186. The second-order valence-corrected chi connectivity index (χ2v) is 10.8. The highest BCUT2D eigenvalue weighted by Gasteiger charge is 2.27. The van der Waals surface area contributed by atoms with Crippen molar-refractivity contribution in [2.24, 2.45) is 0 Å². The highest BCUT2D eigenvalue weighted by atomic mass is 28.3. The molecule has 1 unspecified atom stereocenters. The molecule has 4 nitrogen and oxygen atoms in total. The van der Waals surface area contributed by atoms with Gasteiger partial charge in [0, 0.05) is 5.56 Å². The molecule has 0 amide bonds. The van der Waals surface area contributed by atoms with Gasteiger partial charge in [-0.3, -0.25) is 0 Å². The van der Waals surface area contributed by atoms with Gasteiger partial charge in [-0.1, -0.05) is 70.5 Å². The molecule has 0 saturated carbocycles. The second-order valence-electron chi connectivity index (χ2n) is 8.70. The molecular weight excluding hydrogens is 392 g/mol. The van der Waals surface area contributed by atoms with E-state index in [0.29, 0.717) is 6.61 Å². The Morgan fingerprint density at radius 3 is 2.23 bits per heavy atom. The zero-order valence-electron chi connectivity index (χ0n) is 19.4. The summed E-state index contributed by atoms with van der Waals surface area (Å²) in [7, 11) is 0.557. The Hall–Kier alpha value is -2.11. The number of esters is 1. The Balaban J connectivity index is 2.57. The number of ether oxygens (including phenoxy) is 2. The molecule has 2 aromatic carbocycles. The summed E-state index contributed by atoms with van der Waals surface area (Å²) in [6.45, 7) is 13.7. The Bertz CT molecular complexity index is 825. The molecule has 0 spiro atoms. The second kappa shape index (κ2) is 10.8. The minimum Gasteiger partial charge on any atom is -0.474 e. The number of hydrogen-bond donors (Lipinski definition) is 0. The molecule has 0 aliphatic rings. The molecule has 0 N–H and O–H groups in total. The summed E-state index contributed by atoms with van der Waals surface area (Å²) in [6.07, 6.45) is 1.02. The summed E-state index contributed by atoms with van der Waals surface area (Å²) in [4.78, 5) is 12.5. The lowest BCUT2D eigenvalue weighted by Crippen LogP contribution is -2.22. The molecule has 0 bridgehead atoms. The predicted molar refractivity (Wildman–Crippen MR) is 123 cm³/mol. The van der Waals surface area contributed by atoms with Gasteiger partial charge in [-0.15, -0.1) is 0 Å². The first kappa shape index (κ1) is 24.2. The van der Waals surface area contributed by atoms with E-state index >= 15 is 0 Å². The highest BCUT2D eigenvalue weighted by Crippen LogP contribution is 2.36. The summed E-state index contributed by atoms with van der Waals surface area (Å²) in [5.74, 6) is 0.317. The number of carbonyl (C=O) groups excluding carboxylic acids is 1. The molecule has 0 aliphatic heterocycles. The maximum Gasteiger partial charge on any atom is 0.351 e. The molecule has 0 fully saturated rings. The van der Waals surface area contributed by atoms with Crippen molar-refractivity contribution in [2.75, 3.05) is 7.11 Å². The van der Waals surface area contributed by atoms with E-state index in [-0.39, 0.29) is 5.41 Å². The fourth-order valence-corrected chi connectivity index (χ4v) is 3.94. The van der Waals surface area contributed by atoms with E-state index in [4.69, 9.17) is 13.9 Å². The van der Waals surface area contributed by atoms with Crippen molar-refractivity contribution < 1.29 is 18.7 Å². The van der Waals surface area contributed by atoms with E-state index in [1.54, 1.807) is 0 Å². The van der Waals surface area contributed by atoms with Crippen LogP contribution >= 0.6 is 0 Å². The van der Waals surface area contributed by atoms with Crippen LogP contribution in [0.5, 0.6) is 5.75 Å². The molecule has 5 heteroatoms. The third-order valence-electron chi connectivity index (χ3n) is 4.96. The van der Waals surface area contributed by atoms with E-state index in [1.807, 2.05) is 36.4 Å². The van der Waals surface area contributed by atoms with E-state index in [0.717, 1.165) is 29.7 Å². The molecule has 0 heterocycles. The number of carbonyl (C=O) groups is 1. The van der Waals surface area contributed by atoms with E-state index in [1.165, 1.54) is 18.2 Å². The van der Waals surface area contributed by atoms with Crippen molar-refractivity contribution in [1.29, 1.82) is 0 Å². The van der Waals surface area contributed by atoms with Crippen molar-refractivity contribution in [2.45, 2.75) is 71.8 Å². The van der Waals surface area contributed by atoms with Crippen LogP contribution < -0.4 is 4.74 Å². The van der Waals surface area contributed by atoms with Crippen LogP contribution in [-0.4, -0.2) is 22.1 Å². The first-order chi connectivity index (χ1) is 14.2. The third-order valence-corrected chi connectivity index (χ3v) is 5.69. The van der Waals surface area contributed by atoms with E-state index in [2.05, 4.69) is 46.9 Å². The molecule has 0 saturated heterocycles. The summed E-state index contributed by atoms with van der Waals surface area (Å²) >= 11 is 0. The van der Waals surface area contributed by atoms with Gasteiger partial charge in [0.1, 0.15) is 5.75 Å². The summed E-state index contributed by atoms with van der Waals surface area (Å²) in [5, 5.41) is 0. The lowest BCUT2D eigenvalue weighted by atomic mass is 9.81. The third kappa shape index (κ3) is 6.19. The maximum absolute atomic E-state index is 12.5. The van der Waals surface area contributed by atoms with Gasteiger partial charge in [-0.2, -0.15) is 0 Å². The lowest BCUT2D eigenvalue weighted by molar-refractivity contribution is -0.149. The average Bonchev–Trinajstić information content (AvgIpc) is 2.70. The van der Waals surface area contributed by atoms with Crippen LogP contribution in [0.3, 0.4) is 0 Å². The quantitative estimate of drug-likeness (QED) is 0.364. The van der Waals surface area contributed by atoms with E-state index in [9.17, 15) is 4.79 Å². The van der Waals surface area contributed by atoms with Crippen LogP contribution in [0.4, 0.5) is 0 Å². The Morgan fingerprint density at radius 1 is 1.03 bits per heavy atom. The van der Waals surface area contributed by atoms with Crippen LogP contribution in [0.15, 0.2) is 42.5 Å². The number of methoxy groups -OCH3 is 1. The molecule has 1 radical (unpaired) electrons. The molecule has 0 aliphatic carbocycles. The van der Waals surface area contributed by atoms with Crippen LogP contribution in [0, 0.1) is 0 Å². The molecule has 30 heavy (non-hydrogen) atoms. The van der Waals surface area contributed by atoms with Crippen LogP contribution in [0.1, 0.15) is 62.5 Å². The van der Waals surface area contributed by atoms with Gasteiger partial charge in [-0.25, -0.2) is 4.79 Å². The maximum atomic E-state index is 12.5. The Kier molecular flexibility index (Phi) is 8.68. The standard InChI is InChI=1S/C25H35O4Si/c1-8-12-19-20(17-28-30(6)7)21(25(2,3)4)15-16-22(19)29-23(24(26)27-5)18-13-10-9-11-14-18/h9-11,13-16,23H,8,12,17H2,1-7H3. The number of hydrogen-bond acceptors (Lipinski definition) is 4. The summed E-state index contributed by atoms with van der Waals surface area (Å²) < 4.78 is 17.5. The largest absolute Gasteiger partial charge is 0.474 e.